The highest BCUT2D eigenvalue weighted by Crippen LogP contribution is 2.19. The lowest BCUT2D eigenvalue weighted by atomic mass is 10.2. The molecule has 0 bridgehead atoms. The molecule has 0 aliphatic rings. The second kappa shape index (κ2) is 6.09. The van der Waals surface area contributed by atoms with E-state index in [-0.39, 0.29) is 6.04 Å². The van der Waals surface area contributed by atoms with Crippen LogP contribution in [0, 0.1) is 18.6 Å². The van der Waals surface area contributed by atoms with Gasteiger partial charge in [0.2, 0.25) is 0 Å². The van der Waals surface area contributed by atoms with Gasteiger partial charge in [0.05, 0.1) is 17.4 Å². The molecular weight excluding hydrogens is 262 g/mol. The fourth-order valence-electron chi connectivity index (χ4n) is 2.06. The van der Waals surface area contributed by atoms with Crippen LogP contribution in [0.25, 0.3) is 5.69 Å². The lowest BCUT2D eigenvalue weighted by Gasteiger charge is -2.11. The van der Waals surface area contributed by atoms with Crippen molar-refractivity contribution < 1.29 is 8.78 Å². The normalized spacial score (nSPS) is 12.7. The molecule has 1 aromatic carbocycles. The topological polar surface area (TPSA) is 42.7 Å². The van der Waals surface area contributed by atoms with Crippen molar-refractivity contribution >= 4 is 0 Å². The Morgan fingerprint density at radius 1 is 1.30 bits per heavy atom. The Balaban J connectivity index is 2.30. The van der Waals surface area contributed by atoms with Crippen molar-refractivity contribution in [3.63, 3.8) is 0 Å². The van der Waals surface area contributed by atoms with Gasteiger partial charge in [-0.25, -0.2) is 13.5 Å². The van der Waals surface area contributed by atoms with E-state index in [1.807, 2.05) is 13.8 Å². The summed E-state index contributed by atoms with van der Waals surface area (Å²) < 4.78 is 27.8. The molecule has 0 radical (unpaired) electrons. The molecule has 1 unspecified atom stereocenters. The minimum atomic E-state index is -0.892. The number of rotatable bonds is 5. The Morgan fingerprint density at radius 3 is 2.70 bits per heavy atom. The zero-order valence-electron chi connectivity index (χ0n) is 11.8. The SMILES string of the molecule is CCCNC(C)c1nnn(-c2ccc(F)c(F)c2)c1C. The zero-order valence-corrected chi connectivity index (χ0v) is 11.8. The molecule has 2 rings (SSSR count). The lowest BCUT2D eigenvalue weighted by molar-refractivity contribution is 0.507. The Bertz CT molecular complexity index is 595. The van der Waals surface area contributed by atoms with Crippen LogP contribution in [0.15, 0.2) is 18.2 Å². The van der Waals surface area contributed by atoms with Crippen molar-refractivity contribution in [2.45, 2.75) is 33.2 Å². The predicted octanol–water partition coefficient (Wildman–Crippen LogP) is 2.91. The van der Waals surface area contributed by atoms with E-state index < -0.39 is 11.6 Å². The summed E-state index contributed by atoms with van der Waals surface area (Å²) in [6.07, 6.45) is 1.03. The molecule has 1 N–H and O–H groups in total. The van der Waals surface area contributed by atoms with Crippen molar-refractivity contribution in [2.24, 2.45) is 0 Å². The highest BCUT2D eigenvalue weighted by molar-refractivity contribution is 5.34. The van der Waals surface area contributed by atoms with E-state index >= 15 is 0 Å². The van der Waals surface area contributed by atoms with Crippen LogP contribution >= 0.6 is 0 Å². The van der Waals surface area contributed by atoms with Gasteiger partial charge in [0, 0.05) is 6.07 Å². The number of aromatic nitrogens is 3. The monoisotopic (exact) mass is 280 g/mol. The maximum atomic E-state index is 13.3. The predicted molar refractivity (Wildman–Crippen MR) is 72.7 cm³/mol. The molecule has 4 nitrogen and oxygen atoms in total. The summed E-state index contributed by atoms with van der Waals surface area (Å²) in [5.74, 6) is -1.76. The number of nitrogens with one attached hydrogen (secondary N) is 1. The third-order valence-corrected chi connectivity index (χ3v) is 3.19. The molecule has 0 fully saturated rings. The van der Waals surface area contributed by atoms with E-state index in [2.05, 4.69) is 22.6 Å². The van der Waals surface area contributed by atoms with Crippen LogP contribution in [0.3, 0.4) is 0 Å². The standard InChI is InChI=1S/C14H18F2N4/c1-4-7-17-9(2)14-10(3)20(19-18-14)11-5-6-12(15)13(16)8-11/h5-6,8-9,17H,4,7H2,1-3H3. The summed E-state index contributed by atoms with van der Waals surface area (Å²) in [5.41, 5.74) is 2.08. The van der Waals surface area contributed by atoms with Gasteiger partial charge in [-0.1, -0.05) is 12.1 Å². The molecule has 1 atom stereocenters. The van der Waals surface area contributed by atoms with E-state index in [1.54, 1.807) is 0 Å². The Hall–Kier alpha value is -1.82. The van der Waals surface area contributed by atoms with E-state index in [4.69, 9.17) is 0 Å². The molecular formula is C14H18F2N4. The average molecular weight is 280 g/mol. The summed E-state index contributed by atoms with van der Waals surface area (Å²) in [7, 11) is 0. The first-order valence-electron chi connectivity index (χ1n) is 6.65. The quantitative estimate of drug-likeness (QED) is 0.915. The van der Waals surface area contributed by atoms with E-state index in [1.165, 1.54) is 10.7 Å². The Labute approximate surface area is 116 Å². The Kier molecular flexibility index (Phi) is 4.44. The molecule has 1 aromatic heterocycles. The number of benzene rings is 1. The van der Waals surface area contributed by atoms with E-state index in [9.17, 15) is 8.78 Å². The average Bonchev–Trinajstić information content (AvgIpc) is 2.81. The highest BCUT2D eigenvalue weighted by atomic mass is 19.2. The molecule has 0 amide bonds. The summed E-state index contributed by atoms with van der Waals surface area (Å²) in [4.78, 5) is 0. The smallest absolute Gasteiger partial charge is 0.160 e. The van der Waals surface area contributed by atoms with Crippen LogP contribution in [-0.2, 0) is 0 Å². The maximum Gasteiger partial charge on any atom is 0.160 e. The summed E-state index contributed by atoms with van der Waals surface area (Å²) in [6.45, 7) is 6.84. The van der Waals surface area contributed by atoms with Gasteiger partial charge < -0.3 is 5.32 Å². The Morgan fingerprint density at radius 2 is 2.05 bits per heavy atom. The van der Waals surface area contributed by atoms with Gasteiger partial charge in [0.25, 0.3) is 0 Å². The number of halogens is 2. The van der Waals surface area contributed by atoms with Crippen LogP contribution < -0.4 is 5.32 Å². The van der Waals surface area contributed by atoms with Crippen LogP contribution in [0.4, 0.5) is 8.78 Å². The van der Waals surface area contributed by atoms with Gasteiger partial charge in [0.15, 0.2) is 11.6 Å². The van der Waals surface area contributed by atoms with Crippen molar-refractivity contribution in [3.8, 4) is 5.69 Å². The second-order valence-electron chi connectivity index (χ2n) is 4.75. The van der Waals surface area contributed by atoms with Crippen molar-refractivity contribution in [1.82, 2.24) is 20.3 Å². The fourth-order valence-corrected chi connectivity index (χ4v) is 2.06. The van der Waals surface area contributed by atoms with Crippen LogP contribution in [0.5, 0.6) is 0 Å². The van der Waals surface area contributed by atoms with Gasteiger partial charge in [0.1, 0.15) is 5.69 Å². The lowest BCUT2D eigenvalue weighted by Crippen LogP contribution is -2.20. The van der Waals surface area contributed by atoms with E-state index in [0.717, 1.165) is 36.5 Å². The molecule has 0 saturated carbocycles. The molecule has 2 aromatic rings. The maximum absolute atomic E-state index is 13.3. The van der Waals surface area contributed by atoms with Gasteiger partial charge in [-0.3, -0.25) is 0 Å². The number of hydrogen-bond acceptors (Lipinski definition) is 3. The number of nitrogens with zero attached hydrogens (tertiary/aromatic N) is 3. The first-order chi connectivity index (χ1) is 9.54. The van der Waals surface area contributed by atoms with Gasteiger partial charge >= 0.3 is 0 Å². The van der Waals surface area contributed by atoms with Crippen molar-refractivity contribution in [1.29, 1.82) is 0 Å². The minimum Gasteiger partial charge on any atom is -0.309 e. The first kappa shape index (κ1) is 14.6. The zero-order chi connectivity index (χ0) is 14.7. The van der Waals surface area contributed by atoms with Gasteiger partial charge in [-0.15, -0.1) is 5.10 Å². The molecule has 0 saturated heterocycles. The van der Waals surface area contributed by atoms with E-state index in [0.29, 0.717) is 5.69 Å². The van der Waals surface area contributed by atoms with Crippen molar-refractivity contribution in [2.75, 3.05) is 6.54 Å². The molecule has 20 heavy (non-hydrogen) atoms. The molecule has 108 valence electrons. The third kappa shape index (κ3) is 2.85. The van der Waals surface area contributed by atoms with Gasteiger partial charge in [-0.05, 0) is 38.9 Å². The molecule has 0 aliphatic heterocycles. The molecule has 0 aliphatic carbocycles. The van der Waals surface area contributed by atoms with Crippen LogP contribution in [0.1, 0.15) is 37.7 Å². The summed E-state index contributed by atoms with van der Waals surface area (Å²) in [6, 6.07) is 3.75. The molecule has 0 spiro atoms. The second-order valence-corrected chi connectivity index (χ2v) is 4.75. The first-order valence-corrected chi connectivity index (χ1v) is 6.65. The highest BCUT2D eigenvalue weighted by Gasteiger charge is 2.16. The van der Waals surface area contributed by atoms with Crippen molar-refractivity contribution in [3.05, 3.63) is 41.2 Å². The van der Waals surface area contributed by atoms with Crippen LogP contribution in [-0.4, -0.2) is 21.5 Å². The summed E-state index contributed by atoms with van der Waals surface area (Å²) >= 11 is 0. The minimum absolute atomic E-state index is 0.0639. The van der Waals surface area contributed by atoms with Gasteiger partial charge in [-0.2, -0.15) is 0 Å². The third-order valence-electron chi connectivity index (χ3n) is 3.19. The molecule has 1 heterocycles. The van der Waals surface area contributed by atoms with Crippen LogP contribution in [0.2, 0.25) is 0 Å². The number of hydrogen-bond donors (Lipinski definition) is 1. The largest absolute Gasteiger partial charge is 0.309 e. The molecule has 6 heteroatoms. The fraction of sp³-hybridized carbons (Fsp3) is 0.429. The summed E-state index contributed by atoms with van der Waals surface area (Å²) in [5, 5.41) is 11.5.